The van der Waals surface area contributed by atoms with Crippen molar-refractivity contribution in [3.63, 3.8) is 0 Å². The molecule has 5 heteroatoms. The topological polar surface area (TPSA) is 58.6 Å². The van der Waals surface area contributed by atoms with Crippen LogP contribution in [-0.4, -0.2) is 42.5 Å². The van der Waals surface area contributed by atoms with Gasteiger partial charge in [-0.05, 0) is 30.5 Å². The molecule has 1 atom stereocenters. The van der Waals surface area contributed by atoms with Gasteiger partial charge in [0.1, 0.15) is 0 Å². The molecule has 1 aromatic rings. The molecule has 3 rings (SSSR count). The molecule has 0 radical (unpaired) electrons. The number of rotatable bonds is 4. The molecule has 2 saturated heterocycles. The summed E-state index contributed by atoms with van der Waals surface area (Å²) in [6, 6.07) is 4.25. The Morgan fingerprint density at radius 2 is 1.96 bits per heavy atom. The van der Waals surface area contributed by atoms with Crippen LogP contribution < -0.4 is 5.32 Å². The van der Waals surface area contributed by atoms with Gasteiger partial charge in [-0.15, -0.1) is 0 Å². The zero-order valence-electron chi connectivity index (χ0n) is 13.9. The lowest BCUT2D eigenvalue weighted by Crippen LogP contribution is -2.40. The number of nitrogens with zero attached hydrogens (tertiary/aromatic N) is 1. The Hall–Kier alpha value is -1.72. The van der Waals surface area contributed by atoms with Crippen molar-refractivity contribution in [1.82, 2.24) is 10.2 Å². The lowest BCUT2D eigenvalue weighted by atomic mass is 9.93. The van der Waals surface area contributed by atoms with Crippen LogP contribution >= 0.6 is 0 Å². The van der Waals surface area contributed by atoms with E-state index in [1.54, 1.807) is 0 Å². The minimum absolute atomic E-state index is 0.0595. The Morgan fingerprint density at radius 3 is 2.61 bits per heavy atom. The Balaban J connectivity index is 1.85. The van der Waals surface area contributed by atoms with E-state index in [1.807, 2.05) is 6.92 Å². The Labute approximate surface area is 137 Å². The predicted octanol–water partition coefficient (Wildman–Crippen LogP) is 1.48. The van der Waals surface area contributed by atoms with Gasteiger partial charge in [-0.25, -0.2) is 0 Å². The van der Waals surface area contributed by atoms with Crippen LogP contribution in [0.3, 0.4) is 0 Å². The maximum atomic E-state index is 11.9. The van der Waals surface area contributed by atoms with Gasteiger partial charge in [-0.1, -0.05) is 17.7 Å². The molecule has 2 fully saturated rings. The van der Waals surface area contributed by atoms with Crippen molar-refractivity contribution in [1.29, 1.82) is 0 Å². The molecule has 0 aliphatic carbocycles. The SMILES string of the molecule is Cc1cc(C)c(CC2CNCCO2)c(CN2C(=O)CCC2=O)c1. The van der Waals surface area contributed by atoms with Gasteiger partial charge in [0.2, 0.25) is 11.8 Å². The second-order valence-corrected chi connectivity index (χ2v) is 6.49. The molecule has 0 saturated carbocycles. The molecule has 1 unspecified atom stereocenters. The molecule has 2 aliphatic heterocycles. The van der Waals surface area contributed by atoms with Gasteiger partial charge in [-0.2, -0.15) is 0 Å². The van der Waals surface area contributed by atoms with E-state index in [4.69, 9.17) is 4.74 Å². The van der Waals surface area contributed by atoms with Crippen molar-refractivity contribution in [2.75, 3.05) is 19.7 Å². The van der Waals surface area contributed by atoms with Crippen molar-refractivity contribution >= 4 is 11.8 Å². The van der Waals surface area contributed by atoms with Gasteiger partial charge in [0.05, 0.1) is 19.3 Å². The van der Waals surface area contributed by atoms with Gasteiger partial charge in [0.15, 0.2) is 0 Å². The number of carbonyl (C=O) groups excluding carboxylic acids is 2. The number of imide groups is 1. The summed E-state index contributed by atoms with van der Waals surface area (Å²) in [5.41, 5.74) is 4.63. The lowest BCUT2D eigenvalue weighted by Gasteiger charge is -2.26. The lowest BCUT2D eigenvalue weighted by molar-refractivity contribution is -0.139. The third kappa shape index (κ3) is 3.62. The van der Waals surface area contributed by atoms with Crippen LogP contribution in [0.2, 0.25) is 0 Å². The van der Waals surface area contributed by atoms with Crippen molar-refractivity contribution < 1.29 is 14.3 Å². The van der Waals surface area contributed by atoms with E-state index in [0.717, 1.165) is 37.2 Å². The first-order valence-electron chi connectivity index (χ1n) is 8.29. The molecule has 2 heterocycles. The number of hydrogen-bond donors (Lipinski definition) is 1. The standard InChI is InChI=1S/C18H24N2O3/c1-12-7-13(2)16(9-15-10-19-5-6-23-15)14(8-12)11-20-17(21)3-4-18(20)22/h7-8,15,19H,3-6,9-11H2,1-2H3. The largest absolute Gasteiger partial charge is 0.375 e. The maximum Gasteiger partial charge on any atom is 0.229 e. The first-order chi connectivity index (χ1) is 11.0. The molecule has 1 aromatic carbocycles. The predicted molar refractivity (Wildman–Crippen MR) is 87.0 cm³/mol. The maximum absolute atomic E-state index is 11.9. The number of likely N-dealkylation sites (tertiary alicyclic amines) is 1. The zero-order chi connectivity index (χ0) is 16.4. The molecule has 23 heavy (non-hydrogen) atoms. The number of amides is 2. The molecule has 5 nitrogen and oxygen atoms in total. The number of nitrogens with one attached hydrogen (secondary N) is 1. The van der Waals surface area contributed by atoms with Crippen molar-refractivity contribution in [3.8, 4) is 0 Å². The molecular formula is C18H24N2O3. The Morgan fingerprint density at radius 1 is 1.22 bits per heavy atom. The summed E-state index contributed by atoms with van der Waals surface area (Å²) >= 11 is 0. The molecule has 124 valence electrons. The van der Waals surface area contributed by atoms with Crippen LogP contribution in [0.15, 0.2) is 12.1 Å². The number of hydrogen-bond acceptors (Lipinski definition) is 4. The Bertz CT molecular complexity index is 605. The second kappa shape index (κ2) is 6.81. The van der Waals surface area contributed by atoms with E-state index in [-0.39, 0.29) is 17.9 Å². The molecule has 1 N–H and O–H groups in total. The van der Waals surface area contributed by atoms with E-state index in [0.29, 0.717) is 19.4 Å². The fourth-order valence-electron chi connectivity index (χ4n) is 3.47. The van der Waals surface area contributed by atoms with Crippen LogP contribution in [0, 0.1) is 13.8 Å². The smallest absolute Gasteiger partial charge is 0.229 e. The summed E-state index contributed by atoms with van der Waals surface area (Å²) in [5, 5.41) is 3.35. The van der Waals surface area contributed by atoms with Crippen LogP contribution in [-0.2, 0) is 27.3 Å². The first-order valence-corrected chi connectivity index (χ1v) is 8.29. The van der Waals surface area contributed by atoms with Crippen LogP contribution in [0.4, 0.5) is 0 Å². The summed E-state index contributed by atoms with van der Waals surface area (Å²) in [6.45, 7) is 6.99. The number of aryl methyl sites for hydroxylation is 2. The fraction of sp³-hybridized carbons (Fsp3) is 0.556. The van der Waals surface area contributed by atoms with Crippen LogP contribution in [0.1, 0.15) is 35.1 Å². The van der Waals surface area contributed by atoms with Crippen LogP contribution in [0.25, 0.3) is 0 Å². The molecule has 0 spiro atoms. The Kier molecular flexibility index (Phi) is 4.78. The summed E-state index contributed by atoms with van der Waals surface area (Å²) in [7, 11) is 0. The van der Waals surface area contributed by atoms with Gasteiger partial charge in [-0.3, -0.25) is 14.5 Å². The number of morpholine rings is 1. The van der Waals surface area contributed by atoms with Gasteiger partial charge in [0.25, 0.3) is 0 Å². The summed E-state index contributed by atoms with van der Waals surface area (Å²) in [4.78, 5) is 25.3. The highest BCUT2D eigenvalue weighted by Crippen LogP contribution is 2.24. The molecule has 0 aromatic heterocycles. The minimum atomic E-state index is -0.0595. The second-order valence-electron chi connectivity index (χ2n) is 6.49. The number of carbonyl (C=O) groups is 2. The molecule has 2 aliphatic rings. The number of ether oxygens (including phenoxy) is 1. The third-order valence-corrected chi connectivity index (χ3v) is 4.63. The summed E-state index contributed by atoms with van der Waals surface area (Å²) in [5.74, 6) is -0.119. The summed E-state index contributed by atoms with van der Waals surface area (Å²) in [6.07, 6.45) is 1.64. The van der Waals surface area contributed by atoms with E-state index in [1.165, 1.54) is 16.0 Å². The van der Waals surface area contributed by atoms with E-state index in [2.05, 4.69) is 24.4 Å². The normalized spacial score (nSPS) is 22.0. The van der Waals surface area contributed by atoms with Crippen molar-refractivity contribution in [2.24, 2.45) is 0 Å². The van der Waals surface area contributed by atoms with Gasteiger partial charge < -0.3 is 10.1 Å². The van der Waals surface area contributed by atoms with E-state index in [9.17, 15) is 9.59 Å². The van der Waals surface area contributed by atoms with E-state index >= 15 is 0 Å². The van der Waals surface area contributed by atoms with Crippen LogP contribution in [0.5, 0.6) is 0 Å². The van der Waals surface area contributed by atoms with Crippen molar-refractivity contribution in [3.05, 3.63) is 34.4 Å². The quantitative estimate of drug-likeness (QED) is 0.855. The average Bonchev–Trinajstić information content (AvgIpc) is 2.83. The molecular weight excluding hydrogens is 292 g/mol. The average molecular weight is 316 g/mol. The summed E-state index contributed by atoms with van der Waals surface area (Å²) < 4.78 is 5.82. The highest BCUT2D eigenvalue weighted by Gasteiger charge is 2.30. The third-order valence-electron chi connectivity index (χ3n) is 4.63. The zero-order valence-corrected chi connectivity index (χ0v) is 13.9. The van der Waals surface area contributed by atoms with Crippen molar-refractivity contribution in [2.45, 2.75) is 45.8 Å². The minimum Gasteiger partial charge on any atom is -0.375 e. The van der Waals surface area contributed by atoms with Gasteiger partial charge in [0, 0.05) is 32.4 Å². The molecule has 2 amide bonds. The van der Waals surface area contributed by atoms with E-state index < -0.39 is 0 Å². The monoisotopic (exact) mass is 316 g/mol. The first kappa shape index (κ1) is 16.1. The highest BCUT2D eigenvalue weighted by molar-refractivity contribution is 6.01. The molecule has 0 bridgehead atoms. The highest BCUT2D eigenvalue weighted by atomic mass is 16.5. The number of benzene rings is 1. The fourth-order valence-corrected chi connectivity index (χ4v) is 3.47. The van der Waals surface area contributed by atoms with Gasteiger partial charge >= 0.3 is 0 Å².